The summed E-state index contributed by atoms with van der Waals surface area (Å²) in [6.07, 6.45) is -2.43. The summed E-state index contributed by atoms with van der Waals surface area (Å²) >= 11 is 0. The predicted molar refractivity (Wildman–Crippen MR) is 60.9 cm³/mol. The maximum absolute atomic E-state index is 11.8. The van der Waals surface area contributed by atoms with E-state index in [1.54, 1.807) is 6.07 Å². The van der Waals surface area contributed by atoms with Crippen LogP contribution in [0.1, 0.15) is 25.4 Å². The summed E-state index contributed by atoms with van der Waals surface area (Å²) in [5.74, 6) is 1.95. The van der Waals surface area contributed by atoms with Crippen molar-refractivity contribution in [3.8, 4) is 0 Å². The van der Waals surface area contributed by atoms with E-state index in [2.05, 4.69) is 19.2 Å². The van der Waals surface area contributed by atoms with Gasteiger partial charge in [-0.05, 0) is 24.6 Å². The molecule has 0 amide bonds. The first kappa shape index (κ1) is 14.1. The monoisotopic (exact) mass is 247 g/mol. The summed E-state index contributed by atoms with van der Waals surface area (Å²) in [5, 5.41) is 3.23. The number of nitrogens with one attached hydrogen (secondary N) is 1. The number of ether oxygens (including phenoxy) is 1. The molecule has 0 unspecified atom stereocenters. The van der Waals surface area contributed by atoms with Crippen LogP contribution in [-0.2, 0) is 17.9 Å². The molecule has 5 heteroatoms. The Balaban J connectivity index is 2.23. The molecule has 1 heterocycles. The van der Waals surface area contributed by atoms with Crippen LogP contribution in [0.25, 0.3) is 0 Å². The van der Waals surface area contributed by atoms with Gasteiger partial charge in [-0.2, -0.15) is 0 Å². The molecule has 17 heavy (non-hydrogen) atoms. The van der Waals surface area contributed by atoms with Gasteiger partial charge in [0.05, 0.1) is 6.54 Å². The molecule has 1 N–H and O–H groups in total. The Morgan fingerprint density at radius 2 is 2.00 bits per heavy atom. The molecule has 1 aromatic rings. The van der Waals surface area contributed by atoms with E-state index in [1.807, 2.05) is 6.07 Å². The lowest BCUT2D eigenvalue weighted by molar-refractivity contribution is 0.00426. The molecule has 0 fully saturated rings. The van der Waals surface area contributed by atoms with Crippen molar-refractivity contribution < 1.29 is 17.9 Å². The zero-order valence-corrected chi connectivity index (χ0v) is 10.2. The summed E-state index contributed by atoms with van der Waals surface area (Å²) in [4.78, 5) is 0. The van der Waals surface area contributed by atoms with E-state index in [-0.39, 0.29) is 6.61 Å². The standard InChI is InChI=1S/C12H19F2NO2/c1-9(2)5-15-6-10-3-4-11(17-10)7-16-8-12(13)14/h3-4,9,12,15H,5-8H2,1-2H3. The number of hydrogen-bond acceptors (Lipinski definition) is 3. The number of furan rings is 1. The first-order chi connectivity index (χ1) is 8.08. The maximum atomic E-state index is 11.8. The van der Waals surface area contributed by atoms with Crippen LogP contribution in [0.5, 0.6) is 0 Å². The second-order valence-corrected chi connectivity index (χ2v) is 4.30. The smallest absolute Gasteiger partial charge is 0.261 e. The van der Waals surface area contributed by atoms with Crippen molar-refractivity contribution in [2.24, 2.45) is 5.92 Å². The van der Waals surface area contributed by atoms with Gasteiger partial charge in [0.2, 0.25) is 0 Å². The first-order valence-electron chi connectivity index (χ1n) is 5.72. The average Bonchev–Trinajstić information content (AvgIpc) is 2.65. The molecule has 0 saturated heterocycles. The van der Waals surface area contributed by atoms with Gasteiger partial charge in [-0.15, -0.1) is 0 Å². The third kappa shape index (κ3) is 6.38. The van der Waals surface area contributed by atoms with Crippen molar-refractivity contribution in [3.63, 3.8) is 0 Å². The second-order valence-electron chi connectivity index (χ2n) is 4.30. The Morgan fingerprint density at radius 1 is 1.29 bits per heavy atom. The van der Waals surface area contributed by atoms with Gasteiger partial charge in [0, 0.05) is 0 Å². The van der Waals surface area contributed by atoms with Crippen molar-refractivity contribution in [1.29, 1.82) is 0 Å². The summed E-state index contributed by atoms with van der Waals surface area (Å²) in [6, 6.07) is 3.58. The molecule has 0 radical (unpaired) electrons. The highest BCUT2D eigenvalue weighted by Gasteiger charge is 2.05. The van der Waals surface area contributed by atoms with Crippen molar-refractivity contribution in [1.82, 2.24) is 5.32 Å². The Bertz CT molecular complexity index is 285. The summed E-state index contributed by atoms with van der Waals surface area (Å²) < 4.78 is 33.8. The van der Waals surface area contributed by atoms with Crippen LogP contribution in [0.2, 0.25) is 0 Å². The number of alkyl halides is 2. The topological polar surface area (TPSA) is 34.4 Å². The molecule has 3 nitrogen and oxygen atoms in total. The van der Waals surface area contributed by atoms with Crippen LogP contribution in [0.15, 0.2) is 16.5 Å². The summed E-state index contributed by atoms with van der Waals surface area (Å²) in [5.41, 5.74) is 0. The molecule has 0 atom stereocenters. The Kier molecular flexibility index (Phi) is 6.15. The van der Waals surface area contributed by atoms with Crippen molar-refractivity contribution >= 4 is 0 Å². The second kappa shape index (κ2) is 7.40. The minimum absolute atomic E-state index is 0.0918. The molecular weight excluding hydrogens is 228 g/mol. The van der Waals surface area contributed by atoms with Crippen LogP contribution < -0.4 is 5.32 Å². The van der Waals surface area contributed by atoms with E-state index in [0.29, 0.717) is 18.2 Å². The van der Waals surface area contributed by atoms with E-state index in [0.717, 1.165) is 12.3 Å². The van der Waals surface area contributed by atoms with E-state index in [4.69, 9.17) is 9.15 Å². The van der Waals surface area contributed by atoms with Gasteiger partial charge in [-0.25, -0.2) is 8.78 Å². The number of hydrogen-bond donors (Lipinski definition) is 1. The lowest BCUT2D eigenvalue weighted by Gasteiger charge is -2.05. The zero-order valence-electron chi connectivity index (χ0n) is 10.2. The summed E-state index contributed by atoms with van der Waals surface area (Å²) in [7, 11) is 0. The Labute approximate surface area is 100 Å². The van der Waals surface area contributed by atoms with Crippen LogP contribution in [0.3, 0.4) is 0 Å². The van der Waals surface area contributed by atoms with Crippen LogP contribution in [0, 0.1) is 5.92 Å². The molecule has 0 aliphatic heterocycles. The molecule has 0 aliphatic rings. The summed E-state index contributed by atoms with van der Waals surface area (Å²) in [6.45, 7) is 5.35. The largest absolute Gasteiger partial charge is 0.462 e. The van der Waals surface area contributed by atoms with Gasteiger partial charge in [-0.1, -0.05) is 13.8 Å². The third-order valence-corrected chi connectivity index (χ3v) is 2.06. The quantitative estimate of drug-likeness (QED) is 0.767. The van der Waals surface area contributed by atoms with Gasteiger partial charge in [0.15, 0.2) is 0 Å². The molecule has 98 valence electrons. The highest BCUT2D eigenvalue weighted by molar-refractivity contribution is 5.06. The van der Waals surface area contributed by atoms with E-state index in [9.17, 15) is 8.78 Å². The zero-order chi connectivity index (χ0) is 12.7. The SMILES string of the molecule is CC(C)CNCc1ccc(COCC(F)F)o1. The van der Waals surface area contributed by atoms with Crippen LogP contribution >= 0.6 is 0 Å². The fourth-order valence-electron chi connectivity index (χ4n) is 1.33. The van der Waals surface area contributed by atoms with Crippen LogP contribution in [-0.4, -0.2) is 19.6 Å². The van der Waals surface area contributed by atoms with E-state index in [1.165, 1.54) is 0 Å². The molecule has 0 spiro atoms. The molecule has 0 aliphatic carbocycles. The fourth-order valence-corrected chi connectivity index (χ4v) is 1.33. The van der Waals surface area contributed by atoms with Crippen LogP contribution in [0.4, 0.5) is 8.78 Å². The normalized spacial score (nSPS) is 11.6. The van der Waals surface area contributed by atoms with E-state index < -0.39 is 13.0 Å². The van der Waals surface area contributed by atoms with Crippen molar-refractivity contribution in [2.75, 3.05) is 13.2 Å². The van der Waals surface area contributed by atoms with Crippen molar-refractivity contribution in [3.05, 3.63) is 23.7 Å². The lowest BCUT2D eigenvalue weighted by atomic mass is 10.2. The number of halogens is 2. The van der Waals surface area contributed by atoms with Gasteiger partial charge in [-0.3, -0.25) is 0 Å². The molecule has 0 bridgehead atoms. The highest BCUT2D eigenvalue weighted by atomic mass is 19.3. The third-order valence-electron chi connectivity index (χ3n) is 2.06. The highest BCUT2D eigenvalue weighted by Crippen LogP contribution is 2.09. The lowest BCUT2D eigenvalue weighted by Crippen LogP contribution is -2.18. The molecular formula is C12H19F2NO2. The van der Waals surface area contributed by atoms with E-state index >= 15 is 0 Å². The predicted octanol–water partition coefficient (Wildman–Crippen LogP) is 2.81. The minimum atomic E-state index is -2.43. The molecule has 1 aromatic heterocycles. The van der Waals surface area contributed by atoms with Gasteiger partial charge < -0.3 is 14.5 Å². The fraction of sp³-hybridized carbons (Fsp3) is 0.667. The van der Waals surface area contributed by atoms with Crippen molar-refractivity contribution in [2.45, 2.75) is 33.4 Å². The number of rotatable bonds is 8. The van der Waals surface area contributed by atoms with Gasteiger partial charge >= 0.3 is 0 Å². The maximum Gasteiger partial charge on any atom is 0.261 e. The average molecular weight is 247 g/mol. The van der Waals surface area contributed by atoms with Gasteiger partial charge in [0.1, 0.15) is 24.7 Å². The Hall–Kier alpha value is -0.940. The Morgan fingerprint density at radius 3 is 2.65 bits per heavy atom. The minimum Gasteiger partial charge on any atom is -0.462 e. The van der Waals surface area contributed by atoms with Gasteiger partial charge in [0.25, 0.3) is 6.43 Å². The molecule has 1 rings (SSSR count). The molecule has 0 saturated carbocycles. The molecule has 0 aromatic carbocycles. The first-order valence-corrected chi connectivity index (χ1v) is 5.72.